The molecule has 0 spiro atoms. The standard InChI is InChI=1S/C18H21NO2S/c1-12-7-9-13(10-8-12)22(21)17-14-4-2-5-15(14)18(20)19-11-3-6-16(17)19/h7-10,14-15H,2-6,11H2,1H3/t14-,15+,22?/m1/s1. The number of aryl methyl sites for hydroxylation is 1. The molecule has 1 amide bonds. The lowest BCUT2D eigenvalue weighted by Crippen LogP contribution is -2.41. The Bertz CT molecular complexity index is 677. The molecule has 1 aromatic rings. The van der Waals surface area contributed by atoms with E-state index in [0.717, 1.165) is 54.1 Å². The van der Waals surface area contributed by atoms with Gasteiger partial charge in [0.05, 0.1) is 10.8 Å². The average molecular weight is 315 g/mol. The average Bonchev–Trinajstić information content (AvgIpc) is 3.17. The van der Waals surface area contributed by atoms with E-state index in [0.29, 0.717) is 5.91 Å². The Morgan fingerprint density at radius 2 is 1.82 bits per heavy atom. The van der Waals surface area contributed by atoms with Gasteiger partial charge in [-0.25, -0.2) is 4.21 Å². The molecule has 0 aromatic heterocycles. The minimum atomic E-state index is -1.13. The van der Waals surface area contributed by atoms with Crippen molar-refractivity contribution in [2.75, 3.05) is 6.54 Å². The molecule has 1 aromatic carbocycles. The molecule has 0 N–H and O–H groups in total. The largest absolute Gasteiger partial charge is 0.315 e. The molecule has 1 saturated heterocycles. The van der Waals surface area contributed by atoms with Gasteiger partial charge in [0.25, 0.3) is 0 Å². The fraction of sp³-hybridized carbons (Fsp3) is 0.500. The van der Waals surface area contributed by atoms with E-state index < -0.39 is 10.8 Å². The van der Waals surface area contributed by atoms with Gasteiger partial charge in [-0.2, -0.15) is 0 Å². The molecular formula is C18H21NO2S. The summed E-state index contributed by atoms with van der Waals surface area (Å²) in [4.78, 5) is 16.5. The van der Waals surface area contributed by atoms with E-state index in [-0.39, 0.29) is 11.8 Å². The molecule has 116 valence electrons. The molecule has 1 unspecified atom stereocenters. The van der Waals surface area contributed by atoms with E-state index >= 15 is 0 Å². The maximum atomic E-state index is 13.2. The van der Waals surface area contributed by atoms with Crippen LogP contribution in [0.25, 0.3) is 0 Å². The van der Waals surface area contributed by atoms with Crippen molar-refractivity contribution in [3.05, 3.63) is 40.4 Å². The van der Waals surface area contributed by atoms with E-state index in [2.05, 4.69) is 0 Å². The van der Waals surface area contributed by atoms with Crippen LogP contribution < -0.4 is 0 Å². The first-order chi connectivity index (χ1) is 10.7. The van der Waals surface area contributed by atoms with Crippen LogP contribution in [0.3, 0.4) is 0 Å². The highest BCUT2D eigenvalue weighted by Gasteiger charge is 2.47. The topological polar surface area (TPSA) is 37.4 Å². The lowest BCUT2D eigenvalue weighted by atomic mass is 9.90. The number of fused-ring (bicyclic) bond motifs is 2. The number of carbonyl (C=O) groups is 1. The normalized spacial score (nSPS) is 28.8. The lowest BCUT2D eigenvalue weighted by Gasteiger charge is -2.34. The molecule has 4 heteroatoms. The van der Waals surface area contributed by atoms with Gasteiger partial charge >= 0.3 is 0 Å². The first-order valence-corrected chi connectivity index (χ1v) is 9.34. The molecule has 0 radical (unpaired) electrons. The molecule has 2 heterocycles. The molecule has 22 heavy (non-hydrogen) atoms. The summed E-state index contributed by atoms with van der Waals surface area (Å²) in [7, 11) is -1.13. The van der Waals surface area contributed by atoms with Crippen molar-refractivity contribution in [2.45, 2.75) is 43.9 Å². The Kier molecular flexibility index (Phi) is 3.44. The van der Waals surface area contributed by atoms with Crippen LogP contribution in [0.5, 0.6) is 0 Å². The Morgan fingerprint density at radius 3 is 2.59 bits per heavy atom. The first-order valence-electron chi connectivity index (χ1n) is 8.19. The number of rotatable bonds is 2. The van der Waals surface area contributed by atoms with E-state index in [1.165, 1.54) is 5.56 Å². The van der Waals surface area contributed by atoms with Gasteiger partial charge in [-0.1, -0.05) is 24.1 Å². The monoisotopic (exact) mass is 315 g/mol. The summed E-state index contributed by atoms with van der Waals surface area (Å²) in [5.74, 6) is 0.574. The molecule has 2 aliphatic heterocycles. The zero-order chi connectivity index (χ0) is 15.3. The fourth-order valence-electron chi connectivity index (χ4n) is 4.19. The van der Waals surface area contributed by atoms with Crippen molar-refractivity contribution < 1.29 is 9.00 Å². The first kappa shape index (κ1) is 14.2. The van der Waals surface area contributed by atoms with E-state index in [1.807, 2.05) is 36.1 Å². The second kappa shape index (κ2) is 5.34. The molecule has 1 saturated carbocycles. The van der Waals surface area contributed by atoms with E-state index in [9.17, 15) is 9.00 Å². The number of hydrogen-bond acceptors (Lipinski definition) is 2. The predicted octanol–water partition coefficient (Wildman–Crippen LogP) is 3.37. The van der Waals surface area contributed by atoms with Gasteiger partial charge in [-0.05, 0) is 44.7 Å². The fourth-order valence-corrected chi connectivity index (χ4v) is 5.81. The van der Waals surface area contributed by atoms with Crippen LogP contribution in [-0.4, -0.2) is 21.6 Å². The zero-order valence-electron chi connectivity index (χ0n) is 12.9. The van der Waals surface area contributed by atoms with E-state index in [1.54, 1.807) is 0 Å². The predicted molar refractivity (Wildman–Crippen MR) is 86.4 cm³/mol. The minimum Gasteiger partial charge on any atom is -0.315 e. The van der Waals surface area contributed by atoms with Gasteiger partial charge in [0, 0.05) is 33.9 Å². The van der Waals surface area contributed by atoms with Gasteiger partial charge in [0.1, 0.15) is 0 Å². The number of carbonyl (C=O) groups excluding carboxylic acids is 1. The van der Waals surface area contributed by atoms with Crippen molar-refractivity contribution in [3.8, 4) is 0 Å². The van der Waals surface area contributed by atoms with Crippen LogP contribution >= 0.6 is 0 Å². The summed E-state index contributed by atoms with van der Waals surface area (Å²) < 4.78 is 13.2. The van der Waals surface area contributed by atoms with Crippen molar-refractivity contribution in [2.24, 2.45) is 11.8 Å². The Morgan fingerprint density at radius 1 is 1.09 bits per heavy atom. The van der Waals surface area contributed by atoms with E-state index in [4.69, 9.17) is 0 Å². The number of benzene rings is 1. The maximum Gasteiger partial charge on any atom is 0.230 e. The third-order valence-corrected chi connectivity index (χ3v) is 6.91. The van der Waals surface area contributed by atoms with Crippen molar-refractivity contribution >= 4 is 16.7 Å². The number of amides is 1. The molecule has 3 aliphatic rings. The molecule has 3 nitrogen and oxygen atoms in total. The summed E-state index contributed by atoms with van der Waals surface area (Å²) in [6, 6.07) is 7.98. The number of nitrogens with zero attached hydrogens (tertiary/aromatic N) is 1. The van der Waals surface area contributed by atoms with Crippen molar-refractivity contribution in [1.29, 1.82) is 0 Å². The highest BCUT2D eigenvalue weighted by molar-refractivity contribution is 7.89. The summed E-state index contributed by atoms with van der Waals surface area (Å²) >= 11 is 0. The highest BCUT2D eigenvalue weighted by Crippen LogP contribution is 2.48. The maximum absolute atomic E-state index is 13.2. The Hall–Kier alpha value is -1.42. The van der Waals surface area contributed by atoms with Crippen LogP contribution in [0.1, 0.15) is 37.7 Å². The lowest BCUT2D eigenvalue weighted by molar-refractivity contribution is -0.134. The molecule has 2 fully saturated rings. The number of hydrogen-bond donors (Lipinski definition) is 0. The molecule has 3 atom stereocenters. The molecule has 4 rings (SSSR count). The van der Waals surface area contributed by atoms with Gasteiger partial charge in [-0.15, -0.1) is 0 Å². The van der Waals surface area contributed by atoms with Gasteiger partial charge in [-0.3, -0.25) is 4.79 Å². The SMILES string of the molecule is Cc1ccc(S(=O)C2=C3CCCN3C(=O)[C@H]3CCC[C@@H]23)cc1. The smallest absolute Gasteiger partial charge is 0.230 e. The van der Waals surface area contributed by atoms with Crippen molar-refractivity contribution in [1.82, 2.24) is 4.90 Å². The summed E-state index contributed by atoms with van der Waals surface area (Å²) in [6.45, 7) is 2.85. The highest BCUT2D eigenvalue weighted by atomic mass is 32.2. The van der Waals surface area contributed by atoms with Gasteiger partial charge < -0.3 is 4.90 Å². The Labute approximate surface area is 133 Å². The summed E-state index contributed by atoms with van der Waals surface area (Å²) in [5, 5.41) is 0. The quantitative estimate of drug-likeness (QED) is 0.839. The summed E-state index contributed by atoms with van der Waals surface area (Å²) in [5.41, 5.74) is 2.26. The zero-order valence-corrected chi connectivity index (χ0v) is 13.7. The molecule has 0 bridgehead atoms. The molecular weight excluding hydrogens is 294 g/mol. The Balaban J connectivity index is 1.80. The van der Waals surface area contributed by atoms with Gasteiger partial charge in [0.2, 0.25) is 5.91 Å². The number of allylic oxidation sites excluding steroid dienone is 2. The van der Waals surface area contributed by atoms with Crippen molar-refractivity contribution in [3.63, 3.8) is 0 Å². The van der Waals surface area contributed by atoms with Crippen LogP contribution in [0.15, 0.2) is 39.8 Å². The van der Waals surface area contributed by atoms with Crippen LogP contribution in [0.4, 0.5) is 0 Å². The summed E-state index contributed by atoms with van der Waals surface area (Å²) in [6.07, 6.45) is 4.97. The van der Waals surface area contributed by atoms with Crippen LogP contribution in [-0.2, 0) is 15.6 Å². The second-order valence-corrected chi connectivity index (χ2v) is 8.08. The molecule has 1 aliphatic carbocycles. The van der Waals surface area contributed by atoms with Crippen LogP contribution in [0, 0.1) is 18.8 Å². The second-order valence-electron chi connectivity index (χ2n) is 6.63. The van der Waals surface area contributed by atoms with Crippen LogP contribution in [0.2, 0.25) is 0 Å². The third kappa shape index (κ3) is 2.08. The van der Waals surface area contributed by atoms with Gasteiger partial charge in [0.15, 0.2) is 0 Å². The third-order valence-electron chi connectivity index (χ3n) is 5.28. The minimum absolute atomic E-state index is 0.0752.